The van der Waals surface area contributed by atoms with Crippen molar-refractivity contribution in [1.82, 2.24) is 35.1 Å². The van der Waals surface area contributed by atoms with Crippen molar-refractivity contribution in [2.75, 3.05) is 11.9 Å². The van der Waals surface area contributed by atoms with E-state index in [0.29, 0.717) is 30.3 Å². The summed E-state index contributed by atoms with van der Waals surface area (Å²) in [6.45, 7) is 10.8. The van der Waals surface area contributed by atoms with Gasteiger partial charge in [-0.25, -0.2) is 14.6 Å². The smallest absolute Gasteiger partial charge is 0.304 e. The van der Waals surface area contributed by atoms with Crippen LogP contribution in [0.5, 0.6) is 0 Å². The zero-order valence-corrected chi connectivity index (χ0v) is 18.5. The van der Waals surface area contributed by atoms with E-state index in [9.17, 15) is 4.79 Å². The van der Waals surface area contributed by atoms with E-state index in [2.05, 4.69) is 30.5 Å². The van der Waals surface area contributed by atoms with Gasteiger partial charge in [0.2, 0.25) is 5.95 Å². The van der Waals surface area contributed by atoms with Crippen LogP contribution in [-0.2, 0) is 22.5 Å². The molecule has 1 saturated heterocycles. The SMILES string of the molecule is CC(=O)OC1CCCN1Cc1nc2nc(NC(C)(C)C)nc(Cc3nonc3C)c2[nH]1. The van der Waals surface area contributed by atoms with E-state index in [0.717, 1.165) is 42.1 Å². The third-order valence-corrected chi connectivity index (χ3v) is 5.00. The zero-order chi connectivity index (χ0) is 22.2. The van der Waals surface area contributed by atoms with Crippen molar-refractivity contribution in [3.63, 3.8) is 0 Å². The molecule has 166 valence electrons. The number of likely N-dealkylation sites (tertiary alicyclic amines) is 1. The van der Waals surface area contributed by atoms with Crippen molar-refractivity contribution in [1.29, 1.82) is 0 Å². The molecule has 1 atom stereocenters. The number of fused-ring (bicyclic) bond motifs is 1. The van der Waals surface area contributed by atoms with Crippen molar-refractivity contribution in [2.45, 2.75) is 72.2 Å². The lowest BCUT2D eigenvalue weighted by molar-refractivity contribution is -0.154. The fourth-order valence-corrected chi connectivity index (χ4v) is 3.66. The first-order valence-corrected chi connectivity index (χ1v) is 10.4. The molecule has 0 amide bonds. The van der Waals surface area contributed by atoms with E-state index in [1.807, 2.05) is 27.7 Å². The van der Waals surface area contributed by atoms with Crippen LogP contribution in [0.1, 0.15) is 63.4 Å². The van der Waals surface area contributed by atoms with Gasteiger partial charge in [-0.05, 0) is 40.5 Å². The summed E-state index contributed by atoms with van der Waals surface area (Å²) in [5.74, 6) is 0.970. The van der Waals surface area contributed by atoms with Crippen molar-refractivity contribution >= 4 is 23.1 Å². The topological polar surface area (TPSA) is 135 Å². The third kappa shape index (κ3) is 4.98. The first-order valence-electron chi connectivity index (χ1n) is 10.4. The van der Waals surface area contributed by atoms with Gasteiger partial charge in [-0.15, -0.1) is 0 Å². The molecule has 1 aliphatic rings. The maximum absolute atomic E-state index is 11.4. The van der Waals surface area contributed by atoms with E-state index in [4.69, 9.17) is 19.3 Å². The minimum absolute atomic E-state index is 0.206. The number of hydrogen-bond donors (Lipinski definition) is 2. The predicted molar refractivity (Wildman–Crippen MR) is 112 cm³/mol. The first kappa shape index (κ1) is 21.2. The third-order valence-electron chi connectivity index (χ3n) is 5.00. The van der Waals surface area contributed by atoms with E-state index in [-0.39, 0.29) is 17.7 Å². The monoisotopic (exact) mass is 428 g/mol. The molecule has 1 unspecified atom stereocenters. The maximum atomic E-state index is 11.4. The Hall–Kier alpha value is -3.08. The van der Waals surface area contributed by atoms with Crippen LogP contribution < -0.4 is 5.32 Å². The number of anilines is 1. The average Bonchev–Trinajstić information content (AvgIpc) is 3.35. The number of imidazole rings is 1. The number of hydrogen-bond acceptors (Lipinski definition) is 10. The average molecular weight is 428 g/mol. The highest BCUT2D eigenvalue weighted by atomic mass is 16.6. The minimum Gasteiger partial charge on any atom is -0.447 e. The number of aryl methyl sites for hydroxylation is 1. The Labute approximate surface area is 179 Å². The van der Waals surface area contributed by atoms with Crippen molar-refractivity contribution in [3.8, 4) is 0 Å². The van der Waals surface area contributed by atoms with E-state index in [1.165, 1.54) is 6.92 Å². The molecule has 0 saturated carbocycles. The lowest BCUT2D eigenvalue weighted by atomic mass is 10.1. The van der Waals surface area contributed by atoms with Crippen LogP contribution >= 0.6 is 0 Å². The second kappa shape index (κ2) is 8.22. The van der Waals surface area contributed by atoms with Crippen molar-refractivity contribution < 1.29 is 14.2 Å². The molecule has 11 nitrogen and oxygen atoms in total. The highest BCUT2D eigenvalue weighted by molar-refractivity contribution is 5.75. The van der Waals surface area contributed by atoms with Gasteiger partial charge in [0.25, 0.3) is 0 Å². The van der Waals surface area contributed by atoms with E-state index in [1.54, 1.807) is 0 Å². The van der Waals surface area contributed by atoms with Crippen LogP contribution in [0, 0.1) is 6.92 Å². The Kier molecular flexibility index (Phi) is 5.61. The molecule has 3 aromatic rings. The molecule has 1 aliphatic heterocycles. The van der Waals surface area contributed by atoms with Crippen LogP contribution in [0.25, 0.3) is 11.2 Å². The predicted octanol–water partition coefficient (Wildman–Crippen LogP) is 2.33. The Balaban J connectivity index is 1.66. The highest BCUT2D eigenvalue weighted by Crippen LogP contribution is 2.24. The van der Waals surface area contributed by atoms with E-state index < -0.39 is 0 Å². The summed E-state index contributed by atoms with van der Waals surface area (Å²) < 4.78 is 10.3. The second-order valence-electron chi connectivity index (χ2n) is 8.90. The number of carbonyl (C=O) groups excluding carboxylic acids is 1. The molecule has 11 heteroatoms. The largest absolute Gasteiger partial charge is 0.447 e. The zero-order valence-electron chi connectivity index (χ0n) is 18.5. The molecule has 0 aliphatic carbocycles. The molecule has 4 heterocycles. The minimum atomic E-state index is -0.274. The number of H-pyrrole nitrogens is 1. The van der Waals surface area contributed by atoms with Crippen LogP contribution in [0.2, 0.25) is 0 Å². The lowest BCUT2D eigenvalue weighted by Crippen LogP contribution is -2.32. The summed E-state index contributed by atoms with van der Waals surface area (Å²) in [6, 6.07) is 0. The van der Waals surface area contributed by atoms with Gasteiger partial charge >= 0.3 is 5.97 Å². The standard InChI is InChI=1S/C20H28N8O3/c1-11-13(27-31-26-11)9-14-17-18(24-19(21-14)25-20(3,4)5)23-15(22-17)10-28-8-6-7-16(28)30-12(2)29/h16H,6-10H2,1-5H3,(H2,21,22,23,24,25). The van der Waals surface area contributed by atoms with E-state index >= 15 is 0 Å². The van der Waals surface area contributed by atoms with Gasteiger partial charge in [0.05, 0.1) is 12.2 Å². The molecule has 0 radical (unpaired) electrons. The molecular weight excluding hydrogens is 400 g/mol. The summed E-state index contributed by atoms with van der Waals surface area (Å²) >= 11 is 0. The number of aromatic nitrogens is 6. The van der Waals surface area contributed by atoms with Gasteiger partial charge in [0.15, 0.2) is 11.9 Å². The molecule has 0 spiro atoms. The maximum Gasteiger partial charge on any atom is 0.304 e. The molecule has 0 aromatic carbocycles. The Morgan fingerprint density at radius 2 is 2.06 bits per heavy atom. The number of carbonyl (C=O) groups is 1. The summed E-state index contributed by atoms with van der Waals surface area (Å²) in [5.41, 5.74) is 3.31. The number of aromatic amines is 1. The van der Waals surface area contributed by atoms with Crippen LogP contribution in [0.3, 0.4) is 0 Å². The molecule has 0 bridgehead atoms. The summed E-state index contributed by atoms with van der Waals surface area (Å²) in [6.07, 6.45) is 2.01. The van der Waals surface area contributed by atoms with Crippen molar-refractivity contribution in [3.05, 3.63) is 22.9 Å². The molecule has 2 N–H and O–H groups in total. The van der Waals surface area contributed by atoms with Gasteiger partial charge in [-0.1, -0.05) is 10.3 Å². The number of rotatable bonds is 6. The van der Waals surface area contributed by atoms with Gasteiger partial charge in [-0.3, -0.25) is 9.69 Å². The number of nitrogens with zero attached hydrogens (tertiary/aromatic N) is 6. The molecule has 3 aromatic heterocycles. The van der Waals surface area contributed by atoms with Gasteiger partial charge < -0.3 is 15.0 Å². The Morgan fingerprint density at radius 1 is 1.26 bits per heavy atom. The van der Waals surface area contributed by atoms with Crippen molar-refractivity contribution in [2.24, 2.45) is 0 Å². The number of nitrogens with one attached hydrogen (secondary N) is 2. The first-order chi connectivity index (χ1) is 14.7. The number of esters is 1. The molecule has 4 rings (SSSR count). The van der Waals surface area contributed by atoms with Gasteiger partial charge in [0, 0.05) is 25.4 Å². The van der Waals surface area contributed by atoms with Crippen LogP contribution in [0.4, 0.5) is 5.95 Å². The number of ether oxygens (including phenoxy) is 1. The van der Waals surface area contributed by atoms with Gasteiger partial charge in [-0.2, -0.15) is 4.98 Å². The molecular formula is C20H28N8O3. The summed E-state index contributed by atoms with van der Waals surface area (Å²) in [4.78, 5) is 30.9. The second-order valence-corrected chi connectivity index (χ2v) is 8.90. The fraction of sp³-hybridized carbons (Fsp3) is 0.600. The summed E-state index contributed by atoms with van der Waals surface area (Å²) in [7, 11) is 0. The summed E-state index contributed by atoms with van der Waals surface area (Å²) in [5, 5.41) is 11.2. The Bertz CT molecular complexity index is 1080. The molecule has 1 fully saturated rings. The van der Waals surface area contributed by atoms with Crippen LogP contribution in [0.15, 0.2) is 4.63 Å². The normalized spacial score (nSPS) is 17.4. The van der Waals surface area contributed by atoms with Crippen LogP contribution in [-0.4, -0.2) is 59.4 Å². The quantitative estimate of drug-likeness (QED) is 0.563. The fourth-order valence-electron chi connectivity index (χ4n) is 3.66. The molecule has 31 heavy (non-hydrogen) atoms. The van der Waals surface area contributed by atoms with Gasteiger partial charge in [0.1, 0.15) is 22.7 Å². The lowest BCUT2D eigenvalue weighted by Gasteiger charge is -2.22. The Morgan fingerprint density at radius 3 is 2.74 bits per heavy atom. The highest BCUT2D eigenvalue weighted by Gasteiger charge is 2.28.